The van der Waals surface area contributed by atoms with Gasteiger partial charge in [-0.3, -0.25) is 9.59 Å². The van der Waals surface area contributed by atoms with Crippen LogP contribution in [0.5, 0.6) is 0 Å². The van der Waals surface area contributed by atoms with E-state index in [-0.39, 0.29) is 0 Å². The zero-order chi connectivity index (χ0) is 15.5. The van der Waals surface area contributed by atoms with Gasteiger partial charge in [0.2, 0.25) is 0 Å². The van der Waals surface area contributed by atoms with E-state index < -0.39 is 23.8 Å². The summed E-state index contributed by atoms with van der Waals surface area (Å²) < 4.78 is 0. The Hall–Kier alpha value is -2.62. The minimum Gasteiger partial charge on any atom is -0.481 e. The van der Waals surface area contributed by atoms with Crippen LogP contribution >= 0.6 is 0 Å². The fourth-order valence-electron chi connectivity index (χ4n) is 2.26. The summed E-state index contributed by atoms with van der Waals surface area (Å²) in [7, 11) is 0. The van der Waals surface area contributed by atoms with Crippen LogP contribution in [0.25, 0.3) is 11.1 Å². The van der Waals surface area contributed by atoms with Crippen LogP contribution in [-0.4, -0.2) is 22.2 Å². The van der Waals surface area contributed by atoms with Gasteiger partial charge in [-0.1, -0.05) is 54.6 Å². The van der Waals surface area contributed by atoms with Gasteiger partial charge in [0.05, 0.1) is 6.42 Å². The van der Waals surface area contributed by atoms with Crippen LogP contribution < -0.4 is 0 Å². The molecule has 0 spiro atoms. The summed E-state index contributed by atoms with van der Waals surface area (Å²) >= 11 is 0. The first kappa shape index (κ1) is 14.8. The van der Waals surface area contributed by atoms with E-state index in [1.54, 1.807) is 12.1 Å². The molecule has 0 aliphatic heterocycles. The maximum atomic E-state index is 11.4. The summed E-state index contributed by atoms with van der Waals surface area (Å²) in [4.78, 5) is 22.4. The third kappa shape index (κ3) is 3.11. The molecule has 1 unspecified atom stereocenters. The molecule has 0 saturated heterocycles. The van der Waals surface area contributed by atoms with E-state index in [1.807, 2.05) is 42.5 Å². The molecule has 0 fully saturated rings. The van der Waals surface area contributed by atoms with Gasteiger partial charge >= 0.3 is 11.9 Å². The van der Waals surface area contributed by atoms with Gasteiger partial charge in [-0.2, -0.15) is 0 Å². The van der Waals surface area contributed by atoms with Gasteiger partial charge in [0.25, 0.3) is 0 Å². The molecule has 0 heterocycles. The SMILES string of the molecule is CC(CC(=O)O)(C(=O)O)c1ccc(-c2ccccc2)cc1. The van der Waals surface area contributed by atoms with Crippen molar-refractivity contribution in [2.45, 2.75) is 18.8 Å². The normalized spacial score (nSPS) is 13.4. The molecule has 0 amide bonds. The minimum atomic E-state index is -1.43. The summed E-state index contributed by atoms with van der Waals surface area (Å²) in [5.41, 5.74) is 1.04. The fraction of sp³-hybridized carbons (Fsp3) is 0.176. The molecule has 4 heteroatoms. The first-order valence-electron chi connectivity index (χ1n) is 6.54. The third-order valence-electron chi connectivity index (χ3n) is 3.61. The second-order valence-corrected chi connectivity index (χ2v) is 5.15. The molecule has 0 aliphatic carbocycles. The molecule has 4 nitrogen and oxygen atoms in total. The van der Waals surface area contributed by atoms with Crippen molar-refractivity contribution in [3.63, 3.8) is 0 Å². The topological polar surface area (TPSA) is 74.6 Å². The Balaban J connectivity index is 2.37. The molecule has 1 atom stereocenters. The predicted octanol–water partition coefficient (Wildman–Crippen LogP) is 3.17. The molecule has 0 aromatic heterocycles. The molecule has 2 rings (SSSR count). The Morgan fingerprint density at radius 1 is 0.905 bits per heavy atom. The van der Waals surface area contributed by atoms with Crippen molar-refractivity contribution in [2.75, 3.05) is 0 Å². The van der Waals surface area contributed by atoms with Gasteiger partial charge in [0.1, 0.15) is 5.41 Å². The number of carbonyl (C=O) groups is 2. The molecule has 0 bridgehead atoms. The first-order valence-corrected chi connectivity index (χ1v) is 6.54. The van der Waals surface area contributed by atoms with Gasteiger partial charge in [-0.25, -0.2) is 0 Å². The lowest BCUT2D eigenvalue weighted by Gasteiger charge is -2.23. The van der Waals surface area contributed by atoms with Gasteiger partial charge < -0.3 is 10.2 Å². The maximum Gasteiger partial charge on any atom is 0.314 e. The molecule has 108 valence electrons. The highest BCUT2D eigenvalue weighted by molar-refractivity contribution is 5.86. The fourth-order valence-corrected chi connectivity index (χ4v) is 2.26. The van der Waals surface area contributed by atoms with Crippen LogP contribution in [0, 0.1) is 0 Å². The predicted molar refractivity (Wildman–Crippen MR) is 79.1 cm³/mol. The van der Waals surface area contributed by atoms with Crippen LogP contribution in [-0.2, 0) is 15.0 Å². The minimum absolute atomic E-state index is 0.451. The van der Waals surface area contributed by atoms with E-state index in [9.17, 15) is 14.7 Å². The quantitative estimate of drug-likeness (QED) is 0.884. The Kier molecular flexibility index (Phi) is 4.08. The Morgan fingerprint density at radius 3 is 1.90 bits per heavy atom. The number of aliphatic carboxylic acids is 2. The molecule has 0 radical (unpaired) electrons. The van der Waals surface area contributed by atoms with Gasteiger partial charge in [0, 0.05) is 0 Å². The average molecular weight is 284 g/mol. The lowest BCUT2D eigenvalue weighted by atomic mass is 9.79. The summed E-state index contributed by atoms with van der Waals surface area (Å²) in [6.45, 7) is 1.43. The molecule has 21 heavy (non-hydrogen) atoms. The smallest absolute Gasteiger partial charge is 0.314 e. The van der Waals surface area contributed by atoms with Crippen LogP contribution in [0.3, 0.4) is 0 Å². The number of hydrogen-bond acceptors (Lipinski definition) is 2. The standard InChI is InChI=1S/C17H16O4/c1-17(16(20)21,11-15(18)19)14-9-7-13(8-10-14)12-5-3-2-4-6-12/h2-10H,11H2,1H3,(H,18,19)(H,20,21). The number of carboxylic acid groups (broad SMARTS) is 2. The summed E-state index contributed by atoms with van der Waals surface area (Å²) in [6.07, 6.45) is -0.451. The van der Waals surface area contributed by atoms with E-state index in [4.69, 9.17) is 5.11 Å². The Labute approximate surface area is 122 Å². The average Bonchev–Trinajstić information content (AvgIpc) is 2.47. The molecule has 0 aliphatic rings. The van der Waals surface area contributed by atoms with Crippen molar-refractivity contribution in [3.05, 3.63) is 60.2 Å². The Morgan fingerprint density at radius 2 is 1.43 bits per heavy atom. The van der Waals surface area contributed by atoms with E-state index in [1.165, 1.54) is 6.92 Å². The third-order valence-corrected chi connectivity index (χ3v) is 3.61. The lowest BCUT2D eigenvalue weighted by Crippen LogP contribution is -2.34. The molecule has 2 N–H and O–H groups in total. The zero-order valence-electron chi connectivity index (χ0n) is 11.6. The largest absolute Gasteiger partial charge is 0.481 e. The molecule has 0 saturated carbocycles. The van der Waals surface area contributed by atoms with E-state index >= 15 is 0 Å². The highest BCUT2D eigenvalue weighted by Crippen LogP contribution is 2.30. The van der Waals surface area contributed by atoms with Crippen molar-refractivity contribution < 1.29 is 19.8 Å². The zero-order valence-corrected chi connectivity index (χ0v) is 11.6. The summed E-state index contributed by atoms with van der Waals surface area (Å²) in [5, 5.41) is 18.3. The summed E-state index contributed by atoms with van der Waals surface area (Å²) in [6, 6.07) is 16.7. The van der Waals surface area contributed by atoms with Gasteiger partial charge in [0.15, 0.2) is 0 Å². The number of carboxylic acids is 2. The van der Waals surface area contributed by atoms with Gasteiger partial charge in [-0.15, -0.1) is 0 Å². The van der Waals surface area contributed by atoms with Crippen molar-refractivity contribution >= 4 is 11.9 Å². The van der Waals surface area contributed by atoms with Gasteiger partial charge in [-0.05, 0) is 23.6 Å². The van der Waals surface area contributed by atoms with Crippen LogP contribution in [0.1, 0.15) is 18.9 Å². The van der Waals surface area contributed by atoms with Crippen molar-refractivity contribution in [2.24, 2.45) is 0 Å². The van der Waals surface area contributed by atoms with Crippen LogP contribution in [0.2, 0.25) is 0 Å². The first-order chi connectivity index (χ1) is 9.93. The highest BCUT2D eigenvalue weighted by atomic mass is 16.4. The summed E-state index contributed by atoms with van der Waals surface area (Å²) in [5.74, 6) is -2.27. The van der Waals surface area contributed by atoms with Crippen molar-refractivity contribution in [1.29, 1.82) is 0 Å². The second kappa shape index (κ2) is 5.79. The molecular weight excluding hydrogens is 268 g/mol. The second-order valence-electron chi connectivity index (χ2n) is 5.15. The molecular formula is C17H16O4. The van der Waals surface area contributed by atoms with Crippen molar-refractivity contribution in [3.8, 4) is 11.1 Å². The van der Waals surface area contributed by atoms with Crippen LogP contribution in [0.15, 0.2) is 54.6 Å². The monoisotopic (exact) mass is 284 g/mol. The van der Waals surface area contributed by atoms with E-state index in [0.717, 1.165) is 11.1 Å². The molecule has 2 aromatic carbocycles. The van der Waals surface area contributed by atoms with E-state index in [0.29, 0.717) is 5.56 Å². The number of rotatable bonds is 5. The lowest BCUT2D eigenvalue weighted by molar-refractivity contribution is -0.149. The number of hydrogen-bond donors (Lipinski definition) is 2. The maximum absolute atomic E-state index is 11.4. The molecule has 2 aromatic rings. The van der Waals surface area contributed by atoms with E-state index in [2.05, 4.69) is 0 Å². The van der Waals surface area contributed by atoms with Crippen molar-refractivity contribution in [1.82, 2.24) is 0 Å². The highest BCUT2D eigenvalue weighted by Gasteiger charge is 2.37. The number of benzene rings is 2. The van der Waals surface area contributed by atoms with Crippen LogP contribution in [0.4, 0.5) is 0 Å². The Bertz CT molecular complexity index is 646.